The molecule has 1 fully saturated rings. The van der Waals surface area contributed by atoms with Crippen LogP contribution in [0, 0.1) is 6.92 Å². The Morgan fingerprint density at radius 3 is 2.78 bits per heavy atom. The fourth-order valence-corrected chi connectivity index (χ4v) is 3.42. The van der Waals surface area contributed by atoms with E-state index in [4.69, 9.17) is 4.74 Å². The zero-order valence-corrected chi connectivity index (χ0v) is 10.8. The van der Waals surface area contributed by atoms with Crippen molar-refractivity contribution in [1.82, 2.24) is 4.72 Å². The van der Waals surface area contributed by atoms with E-state index >= 15 is 0 Å². The van der Waals surface area contributed by atoms with Gasteiger partial charge < -0.3 is 4.74 Å². The maximum absolute atomic E-state index is 5.58. The standard InChI is InChI=1S/C15H13NOS/c1-9-5-7-10(8-6-9)11-3-2-4-12-13-15(17-13)16-18-14(11)12/h2-8,13,15-16H,1H3. The first-order valence-corrected chi connectivity index (χ1v) is 6.92. The average molecular weight is 255 g/mol. The molecule has 0 spiro atoms. The monoisotopic (exact) mass is 255 g/mol. The van der Waals surface area contributed by atoms with Gasteiger partial charge in [-0.2, -0.15) is 0 Å². The Morgan fingerprint density at radius 2 is 1.94 bits per heavy atom. The molecule has 2 aliphatic rings. The molecule has 2 aliphatic heterocycles. The van der Waals surface area contributed by atoms with E-state index in [9.17, 15) is 0 Å². The second-order valence-electron chi connectivity index (χ2n) is 4.79. The normalized spacial score (nSPS) is 24.3. The molecule has 2 unspecified atom stereocenters. The number of hydrogen-bond acceptors (Lipinski definition) is 3. The number of rotatable bonds is 1. The van der Waals surface area contributed by atoms with Gasteiger partial charge in [-0.1, -0.05) is 48.0 Å². The maximum Gasteiger partial charge on any atom is 0.149 e. The van der Waals surface area contributed by atoms with Crippen molar-refractivity contribution in [2.75, 3.05) is 0 Å². The summed E-state index contributed by atoms with van der Waals surface area (Å²) < 4.78 is 8.91. The summed E-state index contributed by atoms with van der Waals surface area (Å²) in [5.74, 6) is 0. The molecule has 18 heavy (non-hydrogen) atoms. The molecule has 0 saturated carbocycles. The van der Waals surface area contributed by atoms with Crippen molar-refractivity contribution in [1.29, 1.82) is 0 Å². The molecule has 3 heteroatoms. The minimum absolute atomic E-state index is 0.218. The van der Waals surface area contributed by atoms with E-state index in [2.05, 4.69) is 54.1 Å². The molecule has 2 heterocycles. The summed E-state index contributed by atoms with van der Waals surface area (Å²) in [5, 5.41) is 0. The van der Waals surface area contributed by atoms with Crippen molar-refractivity contribution < 1.29 is 4.74 Å². The first-order chi connectivity index (χ1) is 8.83. The molecule has 0 bridgehead atoms. The Hall–Kier alpha value is -1.29. The van der Waals surface area contributed by atoms with Gasteiger partial charge in [0.25, 0.3) is 0 Å². The zero-order valence-electron chi connectivity index (χ0n) is 10.0. The van der Waals surface area contributed by atoms with Gasteiger partial charge in [0.1, 0.15) is 12.3 Å². The van der Waals surface area contributed by atoms with Crippen LogP contribution in [0.15, 0.2) is 47.4 Å². The highest BCUT2D eigenvalue weighted by atomic mass is 32.2. The predicted octanol–water partition coefficient (Wildman–Crippen LogP) is 3.67. The molecular weight excluding hydrogens is 242 g/mol. The topological polar surface area (TPSA) is 24.6 Å². The summed E-state index contributed by atoms with van der Waals surface area (Å²) in [6.45, 7) is 2.11. The quantitative estimate of drug-likeness (QED) is 0.621. The van der Waals surface area contributed by atoms with Gasteiger partial charge in [-0.25, -0.2) is 4.72 Å². The molecule has 2 nitrogen and oxygen atoms in total. The molecule has 1 saturated heterocycles. The smallest absolute Gasteiger partial charge is 0.149 e. The number of benzene rings is 2. The third-order valence-electron chi connectivity index (χ3n) is 3.48. The lowest BCUT2D eigenvalue weighted by Gasteiger charge is -2.16. The van der Waals surface area contributed by atoms with Crippen LogP contribution in [0.5, 0.6) is 0 Å². The predicted molar refractivity (Wildman–Crippen MR) is 73.2 cm³/mol. The van der Waals surface area contributed by atoms with Crippen LogP contribution in [0.3, 0.4) is 0 Å². The van der Waals surface area contributed by atoms with E-state index < -0.39 is 0 Å². The number of nitrogens with one attached hydrogen (secondary N) is 1. The van der Waals surface area contributed by atoms with Crippen molar-refractivity contribution in [2.45, 2.75) is 24.2 Å². The Bertz CT molecular complexity index is 608. The lowest BCUT2D eigenvalue weighted by atomic mass is 10.0. The molecule has 0 radical (unpaired) electrons. The van der Waals surface area contributed by atoms with Gasteiger partial charge in [0.2, 0.25) is 0 Å². The average Bonchev–Trinajstić information content (AvgIpc) is 3.19. The highest BCUT2D eigenvalue weighted by Gasteiger charge is 2.45. The molecule has 0 aromatic heterocycles. The van der Waals surface area contributed by atoms with Crippen LogP contribution in [0.1, 0.15) is 17.2 Å². The van der Waals surface area contributed by atoms with Crippen LogP contribution < -0.4 is 4.72 Å². The molecular formula is C15H13NOS. The van der Waals surface area contributed by atoms with Crippen LogP contribution >= 0.6 is 11.9 Å². The van der Waals surface area contributed by atoms with Crippen LogP contribution in [0.2, 0.25) is 0 Å². The fourth-order valence-electron chi connectivity index (χ4n) is 2.41. The van der Waals surface area contributed by atoms with E-state index in [-0.39, 0.29) is 12.3 Å². The molecule has 2 aromatic rings. The Kier molecular flexibility index (Phi) is 2.27. The number of ether oxygens (including phenoxy) is 1. The maximum atomic E-state index is 5.58. The summed E-state index contributed by atoms with van der Waals surface area (Å²) in [7, 11) is 0. The second-order valence-corrected chi connectivity index (χ2v) is 5.64. The molecule has 1 N–H and O–H groups in total. The summed E-state index contributed by atoms with van der Waals surface area (Å²) in [6.07, 6.45) is 0.474. The molecule has 2 atom stereocenters. The lowest BCUT2D eigenvalue weighted by molar-refractivity contribution is 0.371. The van der Waals surface area contributed by atoms with Crippen molar-refractivity contribution in [3.63, 3.8) is 0 Å². The molecule has 90 valence electrons. The Labute approximate surface area is 110 Å². The van der Waals surface area contributed by atoms with Crippen LogP contribution in [-0.2, 0) is 4.74 Å². The third-order valence-corrected chi connectivity index (χ3v) is 4.49. The van der Waals surface area contributed by atoms with Gasteiger partial charge in [0.15, 0.2) is 0 Å². The summed E-state index contributed by atoms with van der Waals surface area (Å²) in [5.41, 5.74) is 5.17. The number of fused-ring (bicyclic) bond motifs is 3. The minimum Gasteiger partial charge on any atom is -0.347 e. The van der Waals surface area contributed by atoms with Crippen LogP contribution in [-0.4, -0.2) is 6.23 Å². The summed E-state index contributed by atoms with van der Waals surface area (Å²) >= 11 is 1.69. The van der Waals surface area contributed by atoms with Crippen molar-refractivity contribution in [3.05, 3.63) is 53.6 Å². The first kappa shape index (κ1) is 10.6. The third kappa shape index (κ3) is 1.59. The molecule has 2 aromatic carbocycles. The van der Waals surface area contributed by atoms with Crippen molar-refractivity contribution >= 4 is 11.9 Å². The van der Waals surface area contributed by atoms with Gasteiger partial charge in [0.05, 0.1) is 0 Å². The van der Waals surface area contributed by atoms with Gasteiger partial charge in [-0.15, -0.1) is 0 Å². The lowest BCUT2D eigenvalue weighted by Crippen LogP contribution is -2.14. The van der Waals surface area contributed by atoms with E-state index in [1.54, 1.807) is 11.9 Å². The van der Waals surface area contributed by atoms with Crippen LogP contribution in [0.4, 0.5) is 0 Å². The summed E-state index contributed by atoms with van der Waals surface area (Å²) in [6, 6.07) is 15.2. The van der Waals surface area contributed by atoms with E-state index in [0.717, 1.165) is 0 Å². The zero-order chi connectivity index (χ0) is 12.1. The summed E-state index contributed by atoms with van der Waals surface area (Å²) in [4.78, 5) is 1.31. The highest BCUT2D eigenvalue weighted by molar-refractivity contribution is 7.97. The van der Waals surface area contributed by atoms with Crippen molar-refractivity contribution in [3.8, 4) is 11.1 Å². The van der Waals surface area contributed by atoms with Gasteiger partial charge >= 0.3 is 0 Å². The largest absolute Gasteiger partial charge is 0.347 e. The van der Waals surface area contributed by atoms with E-state index in [1.807, 2.05) is 0 Å². The first-order valence-electron chi connectivity index (χ1n) is 6.11. The number of hydrogen-bond donors (Lipinski definition) is 1. The fraction of sp³-hybridized carbons (Fsp3) is 0.200. The number of epoxide rings is 1. The van der Waals surface area contributed by atoms with Gasteiger partial charge in [0, 0.05) is 10.5 Å². The molecule has 0 aliphatic carbocycles. The van der Waals surface area contributed by atoms with E-state index in [0.29, 0.717) is 0 Å². The Balaban J connectivity index is 1.86. The SMILES string of the molecule is Cc1ccc(-c2cccc3c2SNC2OC32)cc1. The van der Waals surface area contributed by atoms with Crippen LogP contribution in [0.25, 0.3) is 11.1 Å². The van der Waals surface area contributed by atoms with Crippen molar-refractivity contribution in [2.24, 2.45) is 0 Å². The molecule has 0 amide bonds. The van der Waals surface area contributed by atoms with E-state index in [1.165, 1.54) is 27.1 Å². The number of aryl methyl sites for hydroxylation is 1. The second kappa shape index (κ2) is 3.85. The van der Waals surface area contributed by atoms with Gasteiger partial charge in [-0.05, 0) is 30.0 Å². The Morgan fingerprint density at radius 1 is 1.11 bits per heavy atom. The molecule has 4 rings (SSSR count). The highest BCUT2D eigenvalue weighted by Crippen LogP contribution is 2.49. The van der Waals surface area contributed by atoms with Gasteiger partial charge in [-0.3, -0.25) is 0 Å². The minimum atomic E-state index is 0.218.